The van der Waals surface area contributed by atoms with Gasteiger partial charge in [-0.25, -0.2) is 9.67 Å². The molecule has 2 aromatic carbocycles. The van der Waals surface area contributed by atoms with Gasteiger partial charge in [-0.05, 0) is 42.2 Å². The summed E-state index contributed by atoms with van der Waals surface area (Å²) in [5, 5.41) is 10.6. The molecule has 132 valence electrons. The number of nitrogens with zero attached hydrogens (tertiary/aromatic N) is 3. The molecule has 0 spiro atoms. The summed E-state index contributed by atoms with van der Waals surface area (Å²) < 4.78 is 1.71. The number of fused-ring (bicyclic) bond motifs is 1. The van der Waals surface area contributed by atoms with Crippen LogP contribution in [0.5, 0.6) is 0 Å². The molecule has 2 atom stereocenters. The van der Waals surface area contributed by atoms with Gasteiger partial charge in [-0.2, -0.15) is 5.10 Å². The Balaban J connectivity index is 1.44. The molecule has 0 fully saturated rings. The molecule has 0 radical (unpaired) electrons. The van der Waals surface area contributed by atoms with Gasteiger partial charge in [-0.1, -0.05) is 36.4 Å². The van der Waals surface area contributed by atoms with E-state index in [1.54, 1.807) is 11.0 Å². The van der Waals surface area contributed by atoms with Gasteiger partial charge in [-0.3, -0.25) is 4.79 Å². The second kappa shape index (κ2) is 7.09. The fourth-order valence-electron chi connectivity index (χ4n) is 3.32. The van der Waals surface area contributed by atoms with Crippen molar-refractivity contribution >= 4 is 5.91 Å². The number of hydrogen-bond acceptors (Lipinski definition) is 4. The minimum absolute atomic E-state index is 0.0261. The van der Waals surface area contributed by atoms with Crippen LogP contribution in [0.4, 0.5) is 0 Å². The number of nitrogens with one attached hydrogen (secondary N) is 2. The minimum atomic E-state index is -0.203. The van der Waals surface area contributed by atoms with Gasteiger partial charge < -0.3 is 10.6 Å². The largest absolute Gasteiger partial charge is 0.348 e. The first-order valence-corrected chi connectivity index (χ1v) is 8.76. The molecule has 6 heteroatoms. The molecule has 4 rings (SSSR count). The SMILES string of the molecule is C[C@@H](NC(=O)[C@@H]1Cc2ccccc2CN1)c1cccc(-n2cncn2)c1. The molecule has 1 aliphatic heterocycles. The van der Waals surface area contributed by atoms with E-state index in [-0.39, 0.29) is 18.0 Å². The molecule has 6 nitrogen and oxygen atoms in total. The Morgan fingerprint density at radius 1 is 1.23 bits per heavy atom. The van der Waals surface area contributed by atoms with Crippen molar-refractivity contribution in [3.05, 3.63) is 77.9 Å². The Kier molecular flexibility index (Phi) is 4.50. The van der Waals surface area contributed by atoms with E-state index in [4.69, 9.17) is 0 Å². The third-order valence-electron chi connectivity index (χ3n) is 4.81. The van der Waals surface area contributed by atoms with Crippen molar-refractivity contribution in [2.45, 2.75) is 32.0 Å². The first kappa shape index (κ1) is 16.5. The summed E-state index contributed by atoms with van der Waals surface area (Å²) in [6.45, 7) is 2.72. The number of rotatable bonds is 4. The van der Waals surface area contributed by atoms with Crippen LogP contribution in [0.25, 0.3) is 5.69 Å². The van der Waals surface area contributed by atoms with Crippen molar-refractivity contribution in [1.82, 2.24) is 25.4 Å². The second-order valence-electron chi connectivity index (χ2n) is 6.57. The second-order valence-corrected chi connectivity index (χ2v) is 6.57. The first-order valence-electron chi connectivity index (χ1n) is 8.76. The topological polar surface area (TPSA) is 71.8 Å². The Hall–Kier alpha value is -2.99. The van der Waals surface area contributed by atoms with Crippen molar-refractivity contribution in [3.63, 3.8) is 0 Å². The van der Waals surface area contributed by atoms with Gasteiger partial charge in [0, 0.05) is 6.54 Å². The molecular formula is C20H21N5O. The van der Waals surface area contributed by atoms with Crippen LogP contribution in [0.15, 0.2) is 61.2 Å². The molecule has 1 aliphatic rings. The van der Waals surface area contributed by atoms with Gasteiger partial charge in [0.05, 0.1) is 17.8 Å². The van der Waals surface area contributed by atoms with Crippen LogP contribution < -0.4 is 10.6 Å². The van der Waals surface area contributed by atoms with E-state index in [0.29, 0.717) is 6.42 Å². The summed E-state index contributed by atoms with van der Waals surface area (Å²) in [7, 11) is 0. The number of aromatic nitrogens is 3. The van der Waals surface area contributed by atoms with Gasteiger partial charge in [0.15, 0.2) is 0 Å². The summed E-state index contributed by atoms with van der Waals surface area (Å²) >= 11 is 0. The number of carbonyl (C=O) groups excluding carboxylic acids is 1. The normalized spacial score (nSPS) is 17.3. The summed E-state index contributed by atoms with van der Waals surface area (Å²) in [4.78, 5) is 16.7. The maximum atomic E-state index is 12.7. The lowest BCUT2D eigenvalue weighted by Crippen LogP contribution is -2.48. The third kappa shape index (κ3) is 3.36. The molecular weight excluding hydrogens is 326 g/mol. The van der Waals surface area contributed by atoms with E-state index >= 15 is 0 Å². The van der Waals surface area contributed by atoms with Crippen molar-refractivity contribution in [2.75, 3.05) is 0 Å². The predicted molar refractivity (Wildman–Crippen MR) is 98.7 cm³/mol. The van der Waals surface area contributed by atoms with E-state index in [9.17, 15) is 4.79 Å². The lowest BCUT2D eigenvalue weighted by Gasteiger charge is -2.27. The molecule has 0 aliphatic carbocycles. The number of amides is 1. The van der Waals surface area contributed by atoms with E-state index in [2.05, 4.69) is 32.8 Å². The average Bonchev–Trinajstić information content (AvgIpc) is 3.22. The van der Waals surface area contributed by atoms with Crippen LogP contribution in [0.1, 0.15) is 29.7 Å². The number of hydrogen-bond donors (Lipinski definition) is 2. The fraction of sp³-hybridized carbons (Fsp3) is 0.250. The quantitative estimate of drug-likeness (QED) is 0.759. The van der Waals surface area contributed by atoms with Crippen LogP contribution in [-0.4, -0.2) is 26.7 Å². The molecule has 1 amide bonds. The molecule has 1 aromatic heterocycles. The van der Waals surface area contributed by atoms with Crippen LogP contribution in [0.3, 0.4) is 0 Å². The molecule has 0 saturated carbocycles. The van der Waals surface area contributed by atoms with Crippen LogP contribution in [0, 0.1) is 0 Å². The van der Waals surface area contributed by atoms with Crippen LogP contribution >= 0.6 is 0 Å². The molecule has 2 heterocycles. The zero-order valence-corrected chi connectivity index (χ0v) is 14.6. The van der Waals surface area contributed by atoms with E-state index in [0.717, 1.165) is 17.8 Å². The highest BCUT2D eigenvalue weighted by Crippen LogP contribution is 2.19. The Bertz CT molecular complexity index is 906. The predicted octanol–water partition coefficient (Wildman–Crippen LogP) is 2.16. The monoisotopic (exact) mass is 347 g/mol. The summed E-state index contributed by atoms with van der Waals surface area (Å²) in [6, 6.07) is 15.9. The van der Waals surface area contributed by atoms with E-state index in [1.807, 2.05) is 43.3 Å². The van der Waals surface area contributed by atoms with Gasteiger partial charge in [0.2, 0.25) is 5.91 Å². The maximum Gasteiger partial charge on any atom is 0.237 e. The van der Waals surface area contributed by atoms with Crippen molar-refractivity contribution in [2.24, 2.45) is 0 Å². The highest BCUT2D eigenvalue weighted by molar-refractivity contribution is 5.82. The lowest BCUT2D eigenvalue weighted by atomic mass is 9.95. The number of benzene rings is 2. The highest BCUT2D eigenvalue weighted by Gasteiger charge is 2.25. The molecule has 26 heavy (non-hydrogen) atoms. The van der Waals surface area contributed by atoms with Crippen molar-refractivity contribution < 1.29 is 4.79 Å². The summed E-state index contributed by atoms with van der Waals surface area (Å²) in [5.41, 5.74) is 4.46. The Morgan fingerprint density at radius 3 is 2.88 bits per heavy atom. The zero-order valence-electron chi connectivity index (χ0n) is 14.6. The fourth-order valence-corrected chi connectivity index (χ4v) is 3.32. The average molecular weight is 347 g/mol. The minimum Gasteiger partial charge on any atom is -0.348 e. The molecule has 0 saturated heterocycles. The highest BCUT2D eigenvalue weighted by atomic mass is 16.2. The third-order valence-corrected chi connectivity index (χ3v) is 4.81. The van der Waals surface area contributed by atoms with Crippen molar-refractivity contribution in [1.29, 1.82) is 0 Å². The van der Waals surface area contributed by atoms with Gasteiger partial charge in [-0.15, -0.1) is 0 Å². The van der Waals surface area contributed by atoms with E-state index < -0.39 is 0 Å². The van der Waals surface area contributed by atoms with Crippen LogP contribution in [-0.2, 0) is 17.8 Å². The van der Waals surface area contributed by atoms with Gasteiger partial charge in [0.1, 0.15) is 12.7 Å². The van der Waals surface area contributed by atoms with Crippen molar-refractivity contribution in [3.8, 4) is 5.69 Å². The number of carbonyl (C=O) groups is 1. The zero-order chi connectivity index (χ0) is 17.9. The van der Waals surface area contributed by atoms with Gasteiger partial charge in [0.25, 0.3) is 0 Å². The lowest BCUT2D eigenvalue weighted by molar-refractivity contribution is -0.124. The molecule has 2 N–H and O–H groups in total. The standard InChI is InChI=1S/C20H21N5O/c1-14(15-7-4-8-18(9-15)25-13-21-12-23-25)24-20(26)19-10-16-5-2-3-6-17(16)11-22-19/h2-9,12-14,19,22H,10-11H2,1H3,(H,24,26)/t14-,19+/m1/s1. The molecule has 3 aromatic rings. The molecule has 0 bridgehead atoms. The smallest absolute Gasteiger partial charge is 0.237 e. The molecule has 0 unspecified atom stereocenters. The maximum absolute atomic E-state index is 12.7. The van der Waals surface area contributed by atoms with Crippen LogP contribution in [0.2, 0.25) is 0 Å². The summed E-state index contributed by atoms with van der Waals surface area (Å²) in [5.74, 6) is 0.0261. The first-order chi connectivity index (χ1) is 12.7. The van der Waals surface area contributed by atoms with Gasteiger partial charge >= 0.3 is 0 Å². The van der Waals surface area contributed by atoms with E-state index in [1.165, 1.54) is 17.5 Å². The Morgan fingerprint density at radius 2 is 2.08 bits per heavy atom. The summed E-state index contributed by atoms with van der Waals surface area (Å²) in [6.07, 6.45) is 3.88. The Labute approximate surface area is 152 Å².